The number of hydrogen-bond donors (Lipinski definition) is 2. The number of hydrazine groups is 1. The summed E-state index contributed by atoms with van der Waals surface area (Å²) in [5.74, 6) is 0.00764. The maximum atomic E-state index is 12.8. The molecule has 1 saturated carbocycles. The number of ether oxygens (including phenoxy) is 1. The zero-order valence-corrected chi connectivity index (χ0v) is 18.5. The maximum absolute atomic E-state index is 12.8. The Labute approximate surface area is 184 Å². The topological polar surface area (TPSA) is 83.6 Å². The molecule has 31 heavy (non-hydrogen) atoms. The van der Waals surface area contributed by atoms with E-state index in [0.29, 0.717) is 6.54 Å². The molecule has 0 unspecified atom stereocenters. The van der Waals surface area contributed by atoms with Gasteiger partial charge in [0, 0.05) is 30.0 Å². The summed E-state index contributed by atoms with van der Waals surface area (Å²) in [6.45, 7) is 5.99. The minimum atomic E-state index is -0.573. The molecular formula is C24H32N4O3. The molecule has 1 fully saturated rings. The average Bonchev–Trinajstić information content (AvgIpc) is 2.74. The number of carbonyl (C=O) groups excluding carboxylic acids is 2. The van der Waals surface area contributed by atoms with Crippen LogP contribution >= 0.6 is 0 Å². The molecule has 0 aliphatic heterocycles. The molecule has 1 aliphatic carbocycles. The van der Waals surface area contributed by atoms with Gasteiger partial charge in [-0.1, -0.05) is 30.3 Å². The van der Waals surface area contributed by atoms with Gasteiger partial charge in [0.25, 0.3) is 0 Å². The van der Waals surface area contributed by atoms with E-state index in [0.717, 1.165) is 36.9 Å². The van der Waals surface area contributed by atoms with Gasteiger partial charge in [-0.2, -0.15) is 0 Å². The van der Waals surface area contributed by atoms with Gasteiger partial charge >= 0.3 is 6.09 Å². The van der Waals surface area contributed by atoms with Gasteiger partial charge < -0.3 is 10.1 Å². The molecule has 2 N–H and O–H groups in total. The van der Waals surface area contributed by atoms with Crippen LogP contribution in [0.25, 0.3) is 0 Å². The summed E-state index contributed by atoms with van der Waals surface area (Å²) in [4.78, 5) is 29.3. The van der Waals surface area contributed by atoms with Crippen molar-refractivity contribution >= 4 is 17.7 Å². The van der Waals surface area contributed by atoms with Gasteiger partial charge in [0.15, 0.2) is 0 Å². The molecule has 1 aromatic carbocycles. The highest BCUT2D eigenvalue weighted by Gasteiger charge is 2.30. The number of pyridine rings is 1. The number of nitrogens with one attached hydrogen (secondary N) is 2. The Morgan fingerprint density at radius 3 is 2.29 bits per heavy atom. The van der Waals surface area contributed by atoms with Crippen LogP contribution in [0.15, 0.2) is 54.9 Å². The fourth-order valence-corrected chi connectivity index (χ4v) is 3.63. The highest BCUT2D eigenvalue weighted by atomic mass is 16.6. The molecule has 7 nitrogen and oxygen atoms in total. The van der Waals surface area contributed by atoms with E-state index in [1.807, 2.05) is 51.1 Å². The van der Waals surface area contributed by atoms with Crippen molar-refractivity contribution < 1.29 is 14.3 Å². The number of benzene rings is 1. The lowest BCUT2D eigenvalue weighted by molar-refractivity contribution is -0.121. The molecule has 0 atom stereocenters. The molecule has 0 radical (unpaired) electrons. The van der Waals surface area contributed by atoms with E-state index in [2.05, 4.69) is 15.7 Å². The first-order valence-corrected chi connectivity index (χ1v) is 10.8. The van der Waals surface area contributed by atoms with Gasteiger partial charge in [0.2, 0.25) is 5.91 Å². The summed E-state index contributed by atoms with van der Waals surface area (Å²) >= 11 is 0. The van der Waals surface area contributed by atoms with Crippen molar-refractivity contribution in [3.8, 4) is 0 Å². The molecule has 2 aromatic rings. The molecule has 166 valence electrons. The standard InChI is InChI=1S/C24H32N4O3/c1-24(2,3)31-23(30)28(17-18-7-5-4-6-8-18)27-21-11-9-19(10-12-21)22(29)26-20-13-15-25-16-14-20/h4-8,13-16,19,21,27H,9-12,17H2,1-3H3,(H,25,26,29). The Kier molecular flexibility index (Phi) is 7.63. The van der Waals surface area contributed by atoms with E-state index >= 15 is 0 Å². The van der Waals surface area contributed by atoms with Crippen LogP contribution in [0, 0.1) is 5.92 Å². The third kappa shape index (κ3) is 7.36. The molecule has 0 bridgehead atoms. The highest BCUT2D eigenvalue weighted by molar-refractivity contribution is 5.92. The van der Waals surface area contributed by atoms with Gasteiger partial charge in [-0.05, 0) is 64.2 Å². The second-order valence-electron chi connectivity index (χ2n) is 8.95. The molecule has 1 heterocycles. The van der Waals surface area contributed by atoms with Crippen molar-refractivity contribution in [1.82, 2.24) is 15.4 Å². The maximum Gasteiger partial charge on any atom is 0.425 e. The second kappa shape index (κ2) is 10.4. The van der Waals surface area contributed by atoms with Gasteiger partial charge in [-0.25, -0.2) is 15.2 Å². The summed E-state index contributed by atoms with van der Waals surface area (Å²) in [6, 6.07) is 13.5. The van der Waals surface area contributed by atoms with Crippen LogP contribution in [0.5, 0.6) is 0 Å². The van der Waals surface area contributed by atoms with E-state index < -0.39 is 11.7 Å². The fraction of sp³-hybridized carbons (Fsp3) is 0.458. The van der Waals surface area contributed by atoms with E-state index in [9.17, 15) is 9.59 Å². The van der Waals surface area contributed by atoms with Gasteiger partial charge in [-0.15, -0.1) is 0 Å². The molecule has 1 aromatic heterocycles. The minimum Gasteiger partial charge on any atom is -0.443 e. The monoisotopic (exact) mass is 424 g/mol. The number of aromatic nitrogens is 1. The lowest BCUT2D eigenvalue weighted by Gasteiger charge is -2.34. The van der Waals surface area contributed by atoms with Crippen LogP contribution in [-0.4, -0.2) is 33.6 Å². The van der Waals surface area contributed by atoms with E-state index in [4.69, 9.17) is 4.74 Å². The first-order valence-electron chi connectivity index (χ1n) is 10.8. The van der Waals surface area contributed by atoms with Crippen molar-refractivity contribution in [1.29, 1.82) is 0 Å². The summed E-state index contributed by atoms with van der Waals surface area (Å²) in [6.07, 6.45) is 6.08. The van der Waals surface area contributed by atoms with Gasteiger partial charge in [-0.3, -0.25) is 9.78 Å². The third-order valence-electron chi connectivity index (χ3n) is 5.18. The Morgan fingerprint density at radius 1 is 1.03 bits per heavy atom. The molecule has 7 heteroatoms. The quantitative estimate of drug-likeness (QED) is 0.666. The molecule has 3 rings (SSSR count). The normalized spacial score (nSPS) is 18.8. The SMILES string of the molecule is CC(C)(C)OC(=O)N(Cc1ccccc1)NC1CCC(C(=O)Nc2ccncc2)CC1. The molecule has 0 spiro atoms. The van der Waals surface area contributed by atoms with Crippen LogP contribution in [0.3, 0.4) is 0 Å². The van der Waals surface area contributed by atoms with Crippen molar-refractivity contribution in [3.05, 3.63) is 60.4 Å². The summed E-state index contributed by atoms with van der Waals surface area (Å²) in [7, 11) is 0. The second-order valence-corrected chi connectivity index (χ2v) is 8.95. The molecule has 0 saturated heterocycles. The largest absolute Gasteiger partial charge is 0.443 e. The van der Waals surface area contributed by atoms with Crippen molar-refractivity contribution in [2.24, 2.45) is 5.92 Å². The Balaban J connectivity index is 1.56. The number of anilines is 1. The number of carbonyl (C=O) groups is 2. The lowest BCUT2D eigenvalue weighted by Crippen LogP contribution is -2.50. The number of rotatable bonds is 6. The predicted octanol–water partition coefficient (Wildman–Crippen LogP) is 4.52. The Morgan fingerprint density at radius 2 is 1.68 bits per heavy atom. The van der Waals surface area contributed by atoms with Crippen LogP contribution in [-0.2, 0) is 16.1 Å². The first-order chi connectivity index (χ1) is 14.8. The average molecular weight is 425 g/mol. The summed E-state index contributed by atoms with van der Waals surface area (Å²) in [5, 5.41) is 4.52. The zero-order valence-electron chi connectivity index (χ0n) is 18.5. The first kappa shape index (κ1) is 22.7. The fourth-order valence-electron chi connectivity index (χ4n) is 3.63. The Hall–Kier alpha value is -2.93. The van der Waals surface area contributed by atoms with Crippen molar-refractivity contribution in [2.45, 2.75) is 64.6 Å². The molecular weight excluding hydrogens is 392 g/mol. The molecule has 1 aliphatic rings. The smallest absolute Gasteiger partial charge is 0.425 e. The number of nitrogens with zero attached hydrogens (tertiary/aromatic N) is 2. The van der Waals surface area contributed by atoms with Crippen LogP contribution in [0.4, 0.5) is 10.5 Å². The Bertz CT molecular complexity index is 844. The van der Waals surface area contributed by atoms with Crippen molar-refractivity contribution in [2.75, 3.05) is 5.32 Å². The third-order valence-corrected chi connectivity index (χ3v) is 5.18. The minimum absolute atomic E-state index is 0.0321. The molecule has 2 amide bonds. The van der Waals surface area contributed by atoms with E-state index in [1.54, 1.807) is 29.5 Å². The highest BCUT2D eigenvalue weighted by Crippen LogP contribution is 2.26. The summed E-state index contributed by atoms with van der Waals surface area (Å²) < 4.78 is 5.59. The summed E-state index contributed by atoms with van der Waals surface area (Å²) in [5.41, 5.74) is 4.56. The number of hydrogen-bond acceptors (Lipinski definition) is 5. The van der Waals surface area contributed by atoms with Gasteiger partial charge in [0.05, 0.1) is 6.54 Å². The van der Waals surface area contributed by atoms with Crippen LogP contribution < -0.4 is 10.7 Å². The predicted molar refractivity (Wildman–Crippen MR) is 120 cm³/mol. The van der Waals surface area contributed by atoms with Crippen LogP contribution in [0.1, 0.15) is 52.0 Å². The van der Waals surface area contributed by atoms with Crippen molar-refractivity contribution in [3.63, 3.8) is 0 Å². The zero-order chi connectivity index (χ0) is 22.3. The lowest BCUT2D eigenvalue weighted by atomic mass is 9.85. The van der Waals surface area contributed by atoms with Gasteiger partial charge in [0.1, 0.15) is 5.60 Å². The van der Waals surface area contributed by atoms with Crippen LogP contribution in [0.2, 0.25) is 0 Å². The van der Waals surface area contributed by atoms with E-state index in [1.165, 1.54) is 0 Å². The number of amides is 2. The van der Waals surface area contributed by atoms with E-state index in [-0.39, 0.29) is 17.9 Å².